The standard InChI is InChI=1S/C21H21FN2O4/c1-13-18(20(25)23-11-15-6-4-10-27-15)19-17(28-13)8-9-24(21(19)26)12-14-5-2-3-7-16(14)22/h2-3,5,7-9,15H,4,6,10-12H2,1H3,(H,23,25). The van der Waals surface area contributed by atoms with Gasteiger partial charge in [0.1, 0.15) is 17.2 Å². The number of halogens is 1. The number of rotatable bonds is 5. The van der Waals surface area contributed by atoms with E-state index in [-0.39, 0.29) is 40.9 Å². The molecule has 1 unspecified atom stereocenters. The maximum Gasteiger partial charge on any atom is 0.262 e. The molecule has 7 heteroatoms. The highest BCUT2D eigenvalue weighted by Crippen LogP contribution is 2.23. The third-order valence-corrected chi connectivity index (χ3v) is 5.03. The summed E-state index contributed by atoms with van der Waals surface area (Å²) < 4.78 is 26.5. The van der Waals surface area contributed by atoms with Crippen LogP contribution in [0.4, 0.5) is 4.39 Å². The first-order valence-corrected chi connectivity index (χ1v) is 9.30. The number of aryl methyl sites for hydroxylation is 1. The topological polar surface area (TPSA) is 73.5 Å². The lowest BCUT2D eigenvalue weighted by atomic mass is 10.1. The second-order valence-corrected chi connectivity index (χ2v) is 6.96. The van der Waals surface area contributed by atoms with Crippen LogP contribution in [0, 0.1) is 12.7 Å². The number of nitrogens with zero attached hydrogens (tertiary/aromatic N) is 1. The minimum Gasteiger partial charge on any atom is -0.460 e. The molecule has 0 radical (unpaired) electrons. The number of nitrogens with one attached hydrogen (secondary N) is 1. The van der Waals surface area contributed by atoms with Crippen molar-refractivity contribution in [1.29, 1.82) is 0 Å². The van der Waals surface area contributed by atoms with Gasteiger partial charge in [0, 0.05) is 24.9 Å². The predicted molar refractivity (Wildman–Crippen MR) is 102 cm³/mol. The fourth-order valence-electron chi connectivity index (χ4n) is 3.57. The number of fused-ring (bicyclic) bond motifs is 1. The molecule has 0 aliphatic carbocycles. The molecule has 146 valence electrons. The van der Waals surface area contributed by atoms with E-state index in [2.05, 4.69) is 5.32 Å². The van der Waals surface area contributed by atoms with Crippen LogP contribution in [-0.2, 0) is 11.3 Å². The minimum absolute atomic E-state index is 0.000125. The summed E-state index contributed by atoms with van der Waals surface area (Å²) in [4.78, 5) is 25.8. The van der Waals surface area contributed by atoms with Crippen LogP contribution in [0.3, 0.4) is 0 Å². The summed E-state index contributed by atoms with van der Waals surface area (Å²) in [7, 11) is 0. The maximum atomic E-state index is 14.0. The van der Waals surface area contributed by atoms with Crippen molar-refractivity contribution in [3.8, 4) is 0 Å². The molecule has 1 aliphatic heterocycles. The van der Waals surface area contributed by atoms with Crippen LogP contribution in [-0.4, -0.2) is 29.7 Å². The molecule has 28 heavy (non-hydrogen) atoms. The van der Waals surface area contributed by atoms with Crippen molar-refractivity contribution in [2.24, 2.45) is 0 Å². The number of ether oxygens (including phenoxy) is 1. The van der Waals surface area contributed by atoms with E-state index in [0.29, 0.717) is 30.1 Å². The summed E-state index contributed by atoms with van der Waals surface area (Å²) in [6, 6.07) is 7.92. The van der Waals surface area contributed by atoms with Gasteiger partial charge in [0.15, 0.2) is 0 Å². The first-order chi connectivity index (χ1) is 13.5. The van der Waals surface area contributed by atoms with E-state index in [1.807, 2.05) is 0 Å². The molecule has 1 aromatic carbocycles. The monoisotopic (exact) mass is 384 g/mol. The smallest absolute Gasteiger partial charge is 0.262 e. The molecule has 1 saturated heterocycles. The van der Waals surface area contributed by atoms with Crippen LogP contribution >= 0.6 is 0 Å². The Bertz CT molecular complexity index is 1080. The highest BCUT2D eigenvalue weighted by atomic mass is 19.1. The summed E-state index contributed by atoms with van der Waals surface area (Å²) in [6.45, 7) is 2.82. The predicted octanol–water partition coefficient (Wildman–Crippen LogP) is 3.00. The number of benzene rings is 1. The van der Waals surface area contributed by atoms with Gasteiger partial charge in [-0.15, -0.1) is 0 Å². The van der Waals surface area contributed by atoms with Gasteiger partial charge in [-0.3, -0.25) is 9.59 Å². The Kier molecular flexibility index (Phi) is 5.00. The number of carbonyl (C=O) groups is 1. The molecule has 1 aliphatic rings. The quantitative estimate of drug-likeness (QED) is 0.734. The largest absolute Gasteiger partial charge is 0.460 e. The molecule has 0 saturated carbocycles. The summed E-state index contributed by atoms with van der Waals surface area (Å²) in [5.74, 6) is -0.375. The van der Waals surface area contributed by atoms with Crippen LogP contribution in [0.15, 0.2) is 45.7 Å². The zero-order chi connectivity index (χ0) is 19.7. The first kappa shape index (κ1) is 18.4. The van der Waals surface area contributed by atoms with Gasteiger partial charge in [0.2, 0.25) is 0 Å². The van der Waals surface area contributed by atoms with Crippen molar-refractivity contribution in [3.63, 3.8) is 0 Å². The van der Waals surface area contributed by atoms with Crippen molar-refractivity contribution in [1.82, 2.24) is 9.88 Å². The fourth-order valence-corrected chi connectivity index (χ4v) is 3.57. The normalized spacial score (nSPS) is 16.6. The Morgan fingerprint density at radius 2 is 2.14 bits per heavy atom. The third-order valence-electron chi connectivity index (χ3n) is 5.03. The molecule has 3 heterocycles. The lowest BCUT2D eigenvalue weighted by Crippen LogP contribution is -2.32. The van der Waals surface area contributed by atoms with Gasteiger partial charge < -0.3 is 19.0 Å². The Morgan fingerprint density at radius 3 is 2.89 bits per heavy atom. The molecule has 1 fully saturated rings. The molecule has 0 spiro atoms. The average Bonchev–Trinajstić information content (AvgIpc) is 3.31. The van der Waals surface area contributed by atoms with Gasteiger partial charge in [-0.2, -0.15) is 0 Å². The van der Waals surface area contributed by atoms with E-state index < -0.39 is 0 Å². The van der Waals surface area contributed by atoms with E-state index in [9.17, 15) is 14.0 Å². The third kappa shape index (κ3) is 3.45. The van der Waals surface area contributed by atoms with Crippen LogP contribution in [0.25, 0.3) is 11.0 Å². The van der Waals surface area contributed by atoms with Crippen LogP contribution < -0.4 is 10.9 Å². The van der Waals surface area contributed by atoms with Crippen molar-refractivity contribution >= 4 is 16.9 Å². The molecular weight excluding hydrogens is 363 g/mol. The Labute approximate surface area is 160 Å². The fraction of sp³-hybridized carbons (Fsp3) is 0.333. The van der Waals surface area contributed by atoms with E-state index in [1.54, 1.807) is 37.4 Å². The molecule has 3 aromatic rings. The Balaban J connectivity index is 1.67. The van der Waals surface area contributed by atoms with Crippen LogP contribution in [0.5, 0.6) is 0 Å². The second-order valence-electron chi connectivity index (χ2n) is 6.96. The second kappa shape index (κ2) is 7.59. The van der Waals surface area contributed by atoms with Crippen molar-refractivity contribution in [2.75, 3.05) is 13.2 Å². The molecule has 1 N–H and O–H groups in total. The Hall–Kier alpha value is -2.93. The lowest BCUT2D eigenvalue weighted by molar-refractivity contribution is 0.0857. The number of hydrogen-bond acceptors (Lipinski definition) is 4. The van der Waals surface area contributed by atoms with Crippen molar-refractivity contribution in [2.45, 2.75) is 32.4 Å². The number of amides is 1. The number of hydrogen-bond donors (Lipinski definition) is 1. The van der Waals surface area contributed by atoms with Gasteiger partial charge in [0.05, 0.1) is 23.6 Å². The van der Waals surface area contributed by atoms with Crippen molar-refractivity contribution in [3.05, 3.63) is 69.6 Å². The van der Waals surface area contributed by atoms with Gasteiger partial charge in [-0.25, -0.2) is 4.39 Å². The molecule has 1 atom stereocenters. The summed E-state index contributed by atoms with van der Waals surface area (Å²) >= 11 is 0. The minimum atomic E-state index is -0.389. The summed E-state index contributed by atoms with van der Waals surface area (Å²) in [6.07, 6.45) is 3.43. The van der Waals surface area contributed by atoms with E-state index >= 15 is 0 Å². The molecule has 2 aromatic heterocycles. The molecule has 1 amide bonds. The molecule has 0 bridgehead atoms. The number of carbonyl (C=O) groups excluding carboxylic acids is 1. The van der Waals surface area contributed by atoms with Crippen molar-refractivity contribution < 1.29 is 18.3 Å². The molecule has 4 rings (SSSR count). The average molecular weight is 384 g/mol. The van der Waals surface area contributed by atoms with Gasteiger partial charge in [0.25, 0.3) is 11.5 Å². The number of aromatic nitrogens is 1. The highest BCUT2D eigenvalue weighted by Gasteiger charge is 2.23. The van der Waals surface area contributed by atoms with E-state index in [1.165, 1.54) is 10.6 Å². The zero-order valence-electron chi connectivity index (χ0n) is 15.5. The maximum absolute atomic E-state index is 14.0. The van der Waals surface area contributed by atoms with Gasteiger partial charge >= 0.3 is 0 Å². The number of pyridine rings is 1. The zero-order valence-corrected chi connectivity index (χ0v) is 15.5. The lowest BCUT2D eigenvalue weighted by Gasteiger charge is -2.11. The first-order valence-electron chi connectivity index (χ1n) is 9.30. The molecular formula is C21H21FN2O4. The van der Waals surface area contributed by atoms with Gasteiger partial charge in [-0.1, -0.05) is 18.2 Å². The van der Waals surface area contributed by atoms with E-state index in [0.717, 1.165) is 12.8 Å². The summed E-state index contributed by atoms with van der Waals surface area (Å²) in [5, 5.41) is 3.04. The van der Waals surface area contributed by atoms with Gasteiger partial charge in [-0.05, 0) is 31.9 Å². The van der Waals surface area contributed by atoms with E-state index in [4.69, 9.17) is 9.15 Å². The Morgan fingerprint density at radius 1 is 1.32 bits per heavy atom. The SMILES string of the molecule is Cc1oc2ccn(Cc3ccccc3F)c(=O)c2c1C(=O)NCC1CCCO1. The van der Waals surface area contributed by atoms with Crippen LogP contribution in [0.2, 0.25) is 0 Å². The number of furan rings is 1. The van der Waals surface area contributed by atoms with Crippen LogP contribution in [0.1, 0.15) is 34.5 Å². The summed E-state index contributed by atoms with van der Waals surface area (Å²) in [5.41, 5.74) is 0.573. The molecule has 6 nitrogen and oxygen atoms in total. The highest BCUT2D eigenvalue weighted by molar-refractivity contribution is 6.06.